The summed E-state index contributed by atoms with van der Waals surface area (Å²) in [6, 6.07) is 27.8. The van der Waals surface area contributed by atoms with E-state index >= 15 is 0 Å². The summed E-state index contributed by atoms with van der Waals surface area (Å²) in [5.74, 6) is 0. The Morgan fingerprint density at radius 2 is 0.763 bits per heavy atom. The molecule has 0 bridgehead atoms. The fraction of sp³-hybridized carbons (Fsp3) is 0. The van der Waals surface area contributed by atoms with E-state index in [0.717, 1.165) is 22.3 Å². The fourth-order valence-corrected chi connectivity index (χ4v) is 5.02. The van der Waals surface area contributed by atoms with Crippen molar-refractivity contribution >= 4 is 147 Å². The van der Waals surface area contributed by atoms with Gasteiger partial charge in [0.25, 0.3) is 20.2 Å². The van der Waals surface area contributed by atoms with Crippen LogP contribution in [0.1, 0.15) is 22.3 Å². The Hall–Kier alpha value is -0.547. The van der Waals surface area contributed by atoms with Crippen LogP contribution in [0.25, 0.3) is 35.4 Å². The summed E-state index contributed by atoms with van der Waals surface area (Å²) < 4.78 is 64.9. The van der Waals surface area contributed by atoms with Gasteiger partial charge in [-0.25, -0.2) is 0 Å². The molecule has 0 aromatic heterocycles. The molecule has 0 atom stereocenters. The molecule has 0 heterocycles. The first-order chi connectivity index (χ1) is 17.1. The van der Waals surface area contributed by atoms with Crippen molar-refractivity contribution in [2.45, 2.75) is 9.79 Å². The van der Waals surface area contributed by atoms with Gasteiger partial charge in [0.05, 0.1) is 0 Å². The van der Waals surface area contributed by atoms with E-state index in [2.05, 4.69) is 0 Å². The Balaban J connectivity index is 0.00000253. The molecule has 4 aromatic rings. The van der Waals surface area contributed by atoms with Crippen molar-refractivity contribution in [2.24, 2.45) is 0 Å². The van der Waals surface area contributed by atoms with Gasteiger partial charge in [-0.3, -0.25) is 9.11 Å². The van der Waals surface area contributed by atoms with Crippen LogP contribution >= 0.6 is 0 Å². The summed E-state index contributed by atoms with van der Waals surface area (Å²) in [5.41, 5.74) is 4.48. The SMILES string of the molecule is O=S(=O)(O)c1ccccc1C=Cc1ccc(-c2ccc(C=Cc3ccccc3S(=O)(=O)O)cc2)cc1.[KH].[KH]. The standard InChI is InChI=1S/C28H22O6S2.2K.2H/c29-35(30,31)27-7-3-1-5-25(27)19-13-21-9-15-23(16-10-21)24-17-11-22(12-18-24)14-20-26-6-2-4-8-28(26)36(32,33)34;;;;/h1-20H,(H,29,30,31)(H,32,33,34);;;;. The van der Waals surface area contributed by atoms with Gasteiger partial charge < -0.3 is 0 Å². The second-order valence-electron chi connectivity index (χ2n) is 7.94. The molecule has 0 radical (unpaired) electrons. The molecule has 0 aliphatic carbocycles. The molecule has 0 aliphatic rings. The summed E-state index contributed by atoms with van der Waals surface area (Å²) in [4.78, 5) is -0.290. The molecular weight excluding hydrogens is 575 g/mol. The molecule has 10 heteroatoms. The Morgan fingerprint density at radius 3 is 1.08 bits per heavy atom. The van der Waals surface area contributed by atoms with Gasteiger partial charge in [0.2, 0.25) is 0 Å². The topological polar surface area (TPSA) is 109 Å². The van der Waals surface area contributed by atoms with Crippen molar-refractivity contribution in [3.05, 3.63) is 119 Å². The molecule has 186 valence electrons. The monoisotopic (exact) mass is 598 g/mol. The van der Waals surface area contributed by atoms with E-state index in [0.29, 0.717) is 11.1 Å². The summed E-state index contributed by atoms with van der Waals surface area (Å²) >= 11 is 0. The van der Waals surface area contributed by atoms with Crippen LogP contribution in [0.2, 0.25) is 0 Å². The fourth-order valence-electron chi connectivity index (χ4n) is 3.65. The van der Waals surface area contributed by atoms with E-state index in [1.165, 1.54) is 12.1 Å². The van der Waals surface area contributed by atoms with E-state index in [9.17, 15) is 25.9 Å². The molecule has 0 saturated heterocycles. The molecule has 38 heavy (non-hydrogen) atoms. The van der Waals surface area contributed by atoms with Crippen LogP contribution in [0.5, 0.6) is 0 Å². The number of rotatable bonds is 7. The van der Waals surface area contributed by atoms with Crippen LogP contribution in [-0.2, 0) is 20.2 Å². The van der Waals surface area contributed by atoms with Crippen LogP contribution < -0.4 is 0 Å². The minimum absolute atomic E-state index is 0. The van der Waals surface area contributed by atoms with Crippen molar-refractivity contribution in [1.29, 1.82) is 0 Å². The van der Waals surface area contributed by atoms with Crippen LogP contribution in [0.4, 0.5) is 0 Å². The summed E-state index contributed by atoms with van der Waals surface area (Å²) in [7, 11) is -8.61. The van der Waals surface area contributed by atoms with Crippen LogP contribution in [0.15, 0.2) is 107 Å². The van der Waals surface area contributed by atoms with Crippen LogP contribution in [-0.4, -0.2) is 129 Å². The predicted octanol–water partition coefficient (Wildman–Crippen LogP) is 4.89. The Bertz CT molecular complexity index is 1530. The van der Waals surface area contributed by atoms with Gasteiger partial charge in [0.15, 0.2) is 0 Å². The maximum absolute atomic E-state index is 11.5. The normalized spacial score (nSPS) is 11.7. The quantitative estimate of drug-likeness (QED) is 0.178. The Kier molecular flexibility index (Phi) is 13.2. The first-order valence-corrected chi connectivity index (χ1v) is 13.7. The molecule has 0 saturated carbocycles. The summed E-state index contributed by atoms with van der Waals surface area (Å²) in [5, 5.41) is 0. The summed E-state index contributed by atoms with van der Waals surface area (Å²) in [6.45, 7) is 0. The molecule has 0 spiro atoms. The first kappa shape index (κ1) is 33.7. The Morgan fingerprint density at radius 1 is 0.447 bits per heavy atom. The minimum atomic E-state index is -4.31. The molecule has 4 rings (SSSR count). The molecule has 2 N–H and O–H groups in total. The number of benzene rings is 4. The van der Waals surface area contributed by atoms with Crippen molar-refractivity contribution < 1.29 is 25.9 Å². The second kappa shape index (κ2) is 14.9. The molecule has 0 aliphatic heterocycles. The Labute approximate surface area is 308 Å². The third kappa shape index (κ3) is 9.25. The number of hydrogen-bond acceptors (Lipinski definition) is 4. The third-order valence-electron chi connectivity index (χ3n) is 5.46. The van der Waals surface area contributed by atoms with Crippen LogP contribution in [0.3, 0.4) is 0 Å². The zero-order valence-electron chi connectivity index (χ0n) is 18.9. The average molecular weight is 599 g/mol. The molecule has 6 nitrogen and oxygen atoms in total. The van der Waals surface area contributed by atoms with Crippen molar-refractivity contribution in [3.63, 3.8) is 0 Å². The van der Waals surface area contributed by atoms with Gasteiger partial charge in [-0.2, -0.15) is 16.8 Å². The average Bonchev–Trinajstić information content (AvgIpc) is 2.86. The van der Waals surface area contributed by atoms with E-state index in [4.69, 9.17) is 0 Å². The van der Waals surface area contributed by atoms with E-state index < -0.39 is 20.2 Å². The predicted molar refractivity (Wildman–Crippen MR) is 157 cm³/mol. The zero-order valence-corrected chi connectivity index (χ0v) is 20.5. The van der Waals surface area contributed by atoms with Crippen LogP contribution in [0, 0.1) is 0 Å². The van der Waals surface area contributed by atoms with Crippen molar-refractivity contribution in [3.8, 4) is 11.1 Å². The van der Waals surface area contributed by atoms with Crippen molar-refractivity contribution in [2.75, 3.05) is 0 Å². The molecule has 4 aromatic carbocycles. The van der Waals surface area contributed by atoms with E-state index in [1.54, 1.807) is 60.7 Å². The van der Waals surface area contributed by atoms with E-state index in [-0.39, 0.29) is 113 Å². The van der Waals surface area contributed by atoms with Gasteiger partial charge in [-0.1, -0.05) is 109 Å². The molecule has 0 amide bonds. The first-order valence-electron chi connectivity index (χ1n) is 10.8. The molecular formula is C28H24K2O6S2. The van der Waals surface area contributed by atoms with Gasteiger partial charge in [0.1, 0.15) is 9.79 Å². The second-order valence-corrected chi connectivity index (χ2v) is 10.7. The molecule has 0 fully saturated rings. The van der Waals surface area contributed by atoms with Gasteiger partial charge >= 0.3 is 103 Å². The number of hydrogen-bond donors (Lipinski definition) is 2. The summed E-state index contributed by atoms with van der Waals surface area (Å²) in [6.07, 6.45) is 6.82. The van der Waals surface area contributed by atoms with Gasteiger partial charge in [-0.15, -0.1) is 0 Å². The van der Waals surface area contributed by atoms with E-state index in [1.807, 2.05) is 48.5 Å². The van der Waals surface area contributed by atoms with Gasteiger partial charge in [-0.05, 0) is 45.5 Å². The third-order valence-corrected chi connectivity index (χ3v) is 7.31. The molecule has 0 unspecified atom stereocenters. The maximum atomic E-state index is 11.5. The van der Waals surface area contributed by atoms with Gasteiger partial charge in [0, 0.05) is 0 Å². The van der Waals surface area contributed by atoms with Crippen molar-refractivity contribution in [1.82, 2.24) is 0 Å². The zero-order chi connectivity index (χ0) is 25.8.